The van der Waals surface area contributed by atoms with Crippen LogP contribution >= 0.6 is 11.6 Å². The Morgan fingerprint density at radius 2 is 2.12 bits per heavy atom. The molecule has 1 aromatic rings. The number of aliphatic carboxylic acids is 1. The van der Waals surface area contributed by atoms with E-state index in [1.54, 1.807) is 6.07 Å². The van der Waals surface area contributed by atoms with Crippen LogP contribution < -0.4 is 4.90 Å². The van der Waals surface area contributed by atoms with Gasteiger partial charge in [-0.2, -0.15) is 0 Å². The fraction of sp³-hybridized carbons (Fsp3) is 0.417. The summed E-state index contributed by atoms with van der Waals surface area (Å²) >= 11 is 6.09. The van der Waals surface area contributed by atoms with Crippen LogP contribution in [0.3, 0.4) is 0 Å². The van der Waals surface area contributed by atoms with Crippen LogP contribution in [0.4, 0.5) is 5.69 Å². The first-order valence-corrected chi connectivity index (χ1v) is 5.79. The quantitative estimate of drug-likeness (QED) is 0.879. The first kappa shape index (κ1) is 11.3. The molecule has 0 atom stereocenters. The van der Waals surface area contributed by atoms with Crippen LogP contribution in [0.1, 0.15) is 19.3 Å². The summed E-state index contributed by atoms with van der Waals surface area (Å²) in [5.41, 5.74) is 0.830. The van der Waals surface area contributed by atoms with Crippen LogP contribution in [0.25, 0.3) is 0 Å². The van der Waals surface area contributed by atoms with Crippen molar-refractivity contribution in [1.29, 1.82) is 0 Å². The zero-order chi connectivity index (χ0) is 11.5. The van der Waals surface area contributed by atoms with Crippen molar-refractivity contribution in [2.24, 2.45) is 0 Å². The normalized spacial score (nSPS) is 15.6. The summed E-state index contributed by atoms with van der Waals surface area (Å²) in [4.78, 5) is 12.8. The van der Waals surface area contributed by atoms with Gasteiger partial charge < -0.3 is 10.0 Å². The van der Waals surface area contributed by atoms with Gasteiger partial charge in [0.1, 0.15) is 6.54 Å². The molecule has 0 saturated heterocycles. The van der Waals surface area contributed by atoms with E-state index >= 15 is 0 Å². The Balaban J connectivity index is 2.23. The van der Waals surface area contributed by atoms with E-state index < -0.39 is 5.97 Å². The lowest BCUT2D eigenvalue weighted by Gasteiger charge is -2.38. The summed E-state index contributed by atoms with van der Waals surface area (Å²) in [6.45, 7) is 0.0222. The van der Waals surface area contributed by atoms with Crippen LogP contribution in [0.2, 0.25) is 5.02 Å². The second kappa shape index (κ2) is 4.74. The Morgan fingerprint density at radius 1 is 1.44 bits per heavy atom. The highest BCUT2D eigenvalue weighted by Crippen LogP contribution is 2.33. The summed E-state index contributed by atoms with van der Waals surface area (Å²) in [6, 6.07) is 7.74. The van der Waals surface area contributed by atoms with Gasteiger partial charge in [-0.05, 0) is 31.4 Å². The van der Waals surface area contributed by atoms with E-state index in [0.717, 1.165) is 18.5 Å². The van der Waals surface area contributed by atoms with Crippen molar-refractivity contribution in [1.82, 2.24) is 0 Å². The number of nitrogens with zero attached hydrogens (tertiary/aromatic N) is 1. The molecule has 1 N–H and O–H groups in total. The van der Waals surface area contributed by atoms with E-state index in [2.05, 4.69) is 0 Å². The fourth-order valence-electron chi connectivity index (χ4n) is 1.94. The molecule has 16 heavy (non-hydrogen) atoms. The van der Waals surface area contributed by atoms with Crippen molar-refractivity contribution in [2.45, 2.75) is 25.3 Å². The van der Waals surface area contributed by atoms with Crippen LogP contribution in [0, 0.1) is 0 Å². The number of hydrogen-bond donors (Lipinski definition) is 1. The molecule has 4 heteroatoms. The van der Waals surface area contributed by atoms with Crippen molar-refractivity contribution in [3.05, 3.63) is 29.3 Å². The molecule has 1 saturated carbocycles. The number of hydrogen-bond acceptors (Lipinski definition) is 2. The minimum atomic E-state index is -0.813. The highest BCUT2D eigenvalue weighted by atomic mass is 35.5. The highest BCUT2D eigenvalue weighted by Gasteiger charge is 2.27. The number of anilines is 1. The minimum absolute atomic E-state index is 0.0222. The first-order valence-electron chi connectivity index (χ1n) is 5.41. The van der Waals surface area contributed by atoms with E-state index in [0.29, 0.717) is 11.1 Å². The second-order valence-electron chi connectivity index (χ2n) is 4.06. The van der Waals surface area contributed by atoms with Gasteiger partial charge in [0.15, 0.2) is 0 Å². The number of carbonyl (C=O) groups is 1. The molecular formula is C12H14ClNO2. The highest BCUT2D eigenvalue weighted by molar-refractivity contribution is 6.33. The maximum atomic E-state index is 10.9. The lowest BCUT2D eigenvalue weighted by molar-refractivity contribution is -0.135. The van der Waals surface area contributed by atoms with Gasteiger partial charge >= 0.3 is 5.97 Å². The van der Waals surface area contributed by atoms with Crippen molar-refractivity contribution < 1.29 is 9.90 Å². The van der Waals surface area contributed by atoms with Crippen molar-refractivity contribution in [3.63, 3.8) is 0 Å². The second-order valence-corrected chi connectivity index (χ2v) is 4.46. The molecule has 0 bridgehead atoms. The maximum absolute atomic E-state index is 10.9. The molecule has 3 nitrogen and oxygen atoms in total. The van der Waals surface area contributed by atoms with Crippen LogP contribution in [0.5, 0.6) is 0 Å². The van der Waals surface area contributed by atoms with Crippen LogP contribution in [-0.4, -0.2) is 23.7 Å². The Kier molecular flexibility index (Phi) is 3.34. The molecule has 0 unspecified atom stereocenters. The molecular weight excluding hydrogens is 226 g/mol. The number of carboxylic acids is 1. The van der Waals surface area contributed by atoms with E-state index in [1.807, 2.05) is 23.1 Å². The molecule has 1 aliphatic rings. The third kappa shape index (κ3) is 2.30. The number of halogens is 1. The number of para-hydroxylation sites is 1. The molecule has 0 radical (unpaired) electrons. The summed E-state index contributed by atoms with van der Waals surface area (Å²) in [6.07, 6.45) is 3.28. The third-order valence-electron chi connectivity index (χ3n) is 2.98. The van der Waals surface area contributed by atoms with Crippen molar-refractivity contribution >= 4 is 23.3 Å². The molecule has 0 heterocycles. The summed E-state index contributed by atoms with van der Waals surface area (Å²) < 4.78 is 0. The molecule has 86 valence electrons. The fourth-order valence-corrected chi connectivity index (χ4v) is 2.18. The topological polar surface area (TPSA) is 40.5 Å². The Bertz CT molecular complexity index is 390. The first-order chi connectivity index (χ1) is 7.68. The molecule has 0 aromatic heterocycles. The summed E-state index contributed by atoms with van der Waals surface area (Å²) in [5, 5.41) is 9.54. The molecule has 0 aliphatic heterocycles. The van der Waals surface area contributed by atoms with Crippen LogP contribution in [0.15, 0.2) is 24.3 Å². The van der Waals surface area contributed by atoms with Gasteiger partial charge in [-0.25, -0.2) is 0 Å². The summed E-state index contributed by atoms with van der Waals surface area (Å²) in [5.74, 6) is -0.813. The molecule has 0 spiro atoms. The predicted octanol–water partition coefficient (Wildman–Crippen LogP) is 2.78. The van der Waals surface area contributed by atoms with Gasteiger partial charge in [0.25, 0.3) is 0 Å². The van der Waals surface area contributed by atoms with Gasteiger partial charge in [0.05, 0.1) is 10.7 Å². The monoisotopic (exact) mass is 239 g/mol. The van der Waals surface area contributed by atoms with Gasteiger partial charge in [-0.3, -0.25) is 4.79 Å². The van der Waals surface area contributed by atoms with E-state index in [4.69, 9.17) is 16.7 Å². The predicted molar refractivity (Wildman–Crippen MR) is 64.1 cm³/mol. The van der Waals surface area contributed by atoms with Crippen LogP contribution in [-0.2, 0) is 4.79 Å². The average Bonchev–Trinajstić information content (AvgIpc) is 2.14. The van der Waals surface area contributed by atoms with Gasteiger partial charge in [-0.1, -0.05) is 23.7 Å². The van der Waals surface area contributed by atoms with E-state index in [9.17, 15) is 4.79 Å². The van der Waals surface area contributed by atoms with Crippen molar-refractivity contribution in [3.8, 4) is 0 Å². The van der Waals surface area contributed by atoms with Crippen molar-refractivity contribution in [2.75, 3.05) is 11.4 Å². The Hall–Kier alpha value is -1.22. The van der Waals surface area contributed by atoms with Gasteiger partial charge in [0, 0.05) is 6.04 Å². The number of benzene rings is 1. The Labute approximate surface area is 99.6 Å². The summed E-state index contributed by atoms with van der Waals surface area (Å²) in [7, 11) is 0. The average molecular weight is 240 g/mol. The lowest BCUT2D eigenvalue weighted by atomic mass is 9.91. The SMILES string of the molecule is O=C(O)CN(c1ccccc1Cl)C1CCC1. The van der Waals surface area contributed by atoms with Gasteiger partial charge in [0.2, 0.25) is 0 Å². The molecule has 1 aromatic carbocycles. The maximum Gasteiger partial charge on any atom is 0.323 e. The zero-order valence-electron chi connectivity index (χ0n) is 8.90. The molecule has 0 amide bonds. The third-order valence-corrected chi connectivity index (χ3v) is 3.30. The molecule has 1 fully saturated rings. The van der Waals surface area contributed by atoms with E-state index in [-0.39, 0.29) is 6.54 Å². The Morgan fingerprint density at radius 3 is 2.62 bits per heavy atom. The largest absolute Gasteiger partial charge is 0.480 e. The number of carboxylic acid groups (broad SMARTS) is 1. The minimum Gasteiger partial charge on any atom is -0.480 e. The molecule has 2 rings (SSSR count). The smallest absolute Gasteiger partial charge is 0.323 e. The van der Waals surface area contributed by atoms with E-state index in [1.165, 1.54) is 6.42 Å². The zero-order valence-corrected chi connectivity index (χ0v) is 9.65. The lowest BCUT2D eigenvalue weighted by Crippen LogP contribution is -2.43. The van der Waals surface area contributed by atoms with Gasteiger partial charge in [-0.15, -0.1) is 0 Å². The number of rotatable bonds is 4. The standard InChI is InChI=1S/C12H14ClNO2/c13-10-6-1-2-7-11(10)14(8-12(15)16)9-4-3-5-9/h1-2,6-7,9H,3-5,8H2,(H,15,16). The molecule has 1 aliphatic carbocycles.